The fourth-order valence-corrected chi connectivity index (χ4v) is 3.42. The zero-order valence-corrected chi connectivity index (χ0v) is 11.0. The van der Waals surface area contributed by atoms with Crippen LogP contribution in [0.1, 0.15) is 26.2 Å². The van der Waals surface area contributed by atoms with Crippen molar-refractivity contribution in [1.29, 1.82) is 0 Å². The second-order valence-electron chi connectivity index (χ2n) is 5.35. The summed E-state index contributed by atoms with van der Waals surface area (Å²) in [7, 11) is 0. The third kappa shape index (κ3) is 2.29. The van der Waals surface area contributed by atoms with Crippen LogP contribution in [0.4, 0.5) is 4.79 Å². The van der Waals surface area contributed by atoms with Crippen molar-refractivity contribution in [1.82, 2.24) is 4.90 Å². The zero-order chi connectivity index (χ0) is 13.4. The van der Waals surface area contributed by atoms with E-state index in [2.05, 4.69) is 0 Å². The van der Waals surface area contributed by atoms with Gasteiger partial charge in [-0.1, -0.05) is 0 Å². The molecule has 3 aliphatic rings. The zero-order valence-electron chi connectivity index (χ0n) is 11.0. The Morgan fingerprint density at radius 3 is 3.11 bits per heavy atom. The molecule has 19 heavy (non-hydrogen) atoms. The minimum atomic E-state index is -0.414. The summed E-state index contributed by atoms with van der Waals surface area (Å²) in [6.45, 7) is 2.57. The van der Waals surface area contributed by atoms with Crippen LogP contribution in [-0.4, -0.2) is 55.0 Å². The fourth-order valence-electron chi connectivity index (χ4n) is 3.42. The van der Waals surface area contributed by atoms with Gasteiger partial charge in [-0.15, -0.1) is 0 Å². The average Bonchev–Trinajstić information content (AvgIpc) is 2.40. The Labute approximate surface area is 112 Å². The number of carbonyl (C=O) groups excluding carboxylic acids is 2. The second kappa shape index (κ2) is 5.00. The minimum absolute atomic E-state index is 0.00785. The molecule has 3 rings (SSSR count). The van der Waals surface area contributed by atoms with Crippen molar-refractivity contribution < 1.29 is 23.8 Å². The molecule has 0 aromatic carbocycles. The first kappa shape index (κ1) is 12.7. The third-order valence-corrected chi connectivity index (χ3v) is 4.28. The molecule has 2 aliphatic heterocycles. The van der Waals surface area contributed by atoms with Crippen LogP contribution in [0.15, 0.2) is 0 Å². The van der Waals surface area contributed by atoms with Gasteiger partial charge in [-0.25, -0.2) is 4.79 Å². The molecule has 2 heterocycles. The van der Waals surface area contributed by atoms with Crippen LogP contribution in [0.25, 0.3) is 0 Å². The molecular weight excluding hydrogens is 250 g/mol. The van der Waals surface area contributed by atoms with Gasteiger partial charge in [-0.3, -0.25) is 9.69 Å². The van der Waals surface area contributed by atoms with Gasteiger partial charge in [0.2, 0.25) is 0 Å². The first-order valence-corrected chi connectivity index (χ1v) is 6.93. The lowest BCUT2D eigenvalue weighted by atomic mass is 9.76. The number of hydrogen-bond acceptors (Lipinski definition) is 5. The molecule has 0 unspecified atom stereocenters. The molecule has 6 nitrogen and oxygen atoms in total. The third-order valence-electron chi connectivity index (χ3n) is 4.28. The van der Waals surface area contributed by atoms with Crippen molar-refractivity contribution in [2.24, 2.45) is 5.92 Å². The van der Waals surface area contributed by atoms with Gasteiger partial charge in [0, 0.05) is 12.0 Å². The highest BCUT2D eigenvalue weighted by Crippen LogP contribution is 2.40. The summed E-state index contributed by atoms with van der Waals surface area (Å²) in [6, 6.07) is 0.0933. The number of nitrogens with zero attached hydrogens (tertiary/aromatic N) is 1. The number of hydrogen-bond donors (Lipinski definition) is 0. The standard InChI is InChI=1S/C13H19NO5/c1-2-17-12(15)6-14-10-4-3-8-5-9(10)11(7-18-8)19-13(14)16/h8-11H,2-7H2,1H3/t8-,9+,10-,11+/m1/s1. The summed E-state index contributed by atoms with van der Waals surface area (Å²) < 4.78 is 16.0. The van der Waals surface area contributed by atoms with E-state index in [0.29, 0.717) is 25.2 Å². The lowest BCUT2D eigenvalue weighted by Crippen LogP contribution is -2.62. The lowest BCUT2D eigenvalue weighted by Gasteiger charge is -2.51. The van der Waals surface area contributed by atoms with E-state index >= 15 is 0 Å². The van der Waals surface area contributed by atoms with Crippen LogP contribution in [0.3, 0.4) is 0 Å². The Kier molecular flexibility index (Phi) is 3.35. The van der Waals surface area contributed by atoms with E-state index in [9.17, 15) is 9.59 Å². The molecule has 2 saturated heterocycles. The predicted molar refractivity (Wildman–Crippen MR) is 64.5 cm³/mol. The van der Waals surface area contributed by atoms with Gasteiger partial charge < -0.3 is 14.2 Å². The molecule has 0 N–H and O–H groups in total. The highest BCUT2D eigenvalue weighted by molar-refractivity contribution is 5.79. The second-order valence-corrected chi connectivity index (χ2v) is 5.35. The van der Waals surface area contributed by atoms with Crippen LogP contribution in [0.5, 0.6) is 0 Å². The quantitative estimate of drug-likeness (QED) is 0.713. The summed E-state index contributed by atoms with van der Waals surface area (Å²) in [6.07, 6.45) is 2.47. The Hall–Kier alpha value is -1.30. The molecule has 1 saturated carbocycles. The maximum atomic E-state index is 12.0. The van der Waals surface area contributed by atoms with Gasteiger partial charge in [0.05, 0.1) is 19.3 Å². The first-order chi connectivity index (χ1) is 9.19. The van der Waals surface area contributed by atoms with E-state index in [0.717, 1.165) is 19.3 Å². The number of rotatable bonds is 3. The van der Waals surface area contributed by atoms with Gasteiger partial charge >= 0.3 is 12.1 Å². The summed E-state index contributed by atoms with van der Waals surface area (Å²) >= 11 is 0. The van der Waals surface area contributed by atoms with Crippen molar-refractivity contribution in [3.05, 3.63) is 0 Å². The average molecular weight is 269 g/mol. The maximum Gasteiger partial charge on any atom is 0.410 e. The predicted octanol–water partition coefficient (Wildman–Crippen LogP) is 0.938. The molecule has 0 aromatic rings. The van der Waals surface area contributed by atoms with Gasteiger partial charge in [0.15, 0.2) is 0 Å². The van der Waals surface area contributed by atoms with E-state index in [1.54, 1.807) is 11.8 Å². The molecule has 2 bridgehead atoms. The lowest BCUT2D eigenvalue weighted by molar-refractivity contribution is -0.168. The number of carbonyl (C=O) groups is 2. The molecule has 4 atom stereocenters. The van der Waals surface area contributed by atoms with Crippen LogP contribution in [-0.2, 0) is 19.0 Å². The summed E-state index contributed by atoms with van der Waals surface area (Å²) in [5, 5.41) is 0. The highest BCUT2D eigenvalue weighted by atomic mass is 16.6. The molecule has 0 aromatic heterocycles. The van der Waals surface area contributed by atoms with E-state index < -0.39 is 6.09 Å². The molecule has 0 radical (unpaired) electrons. The molecular formula is C13H19NO5. The topological polar surface area (TPSA) is 65.1 Å². The fraction of sp³-hybridized carbons (Fsp3) is 0.846. The van der Waals surface area contributed by atoms with E-state index in [4.69, 9.17) is 14.2 Å². The van der Waals surface area contributed by atoms with Crippen molar-refractivity contribution in [3.8, 4) is 0 Å². The number of amides is 1. The van der Waals surface area contributed by atoms with Crippen LogP contribution >= 0.6 is 0 Å². The maximum absolute atomic E-state index is 12.0. The normalized spacial score (nSPS) is 36.7. The monoisotopic (exact) mass is 269 g/mol. The Bertz CT molecular complexity index is 385. The van der Waals surface area contributed by atoms with Crippen LogP contribution in [0, 0.1) is 5.92 Å². The van der Waals surface area contributed by atoms with Crippen molar-refractivity contribution >= 4 is 12.1 Å². The van der Waals surface area contributed by atoms with E-state index in [1.165, 1.54) is 0 Å². The molecule has 6 heteroatoms. The van der Waals surface area contributed by atoms with E-state index in [-0.39, 0.29) is 24.7 Å². The van der Waals surface area contributed by atoms with Crippen molar-refractivity contribution in [2.75, 3.05) is 19.8 Å². The summed E-state index contributed by atoms with van der Waals surface area (Å²) in [5.74, 6) is -0.0771. The van der Waals surface area contributed by atoms with E-state index in [1.807, 2.05) is 0 Å². The largest absolute Gasteiger partial charge is 0.465 e. The SMILES string of the molecule is CCOC(=O)CN1C(=O)O[C@H]2CO[C@@H]3CC[C@@H]1[C@@H]2C3. The molecule has 0 spiro atoms. The van der Waals surface area contributed by atoms with Crippen molar-refractivity contribution in [3.63, 3.8) is 0 Å². The first-order valence-electron chi connectivity index (χ1n) is 6.93. The smallest absolute Gasteiger partial charge is 0.410 e. The van der Waals surface area contributed by atoms with Gasteiger partial charge in [0.1, 0.15) is 12.6 Å². The van der Waals surface area contributed by atoms with Gasteiger partial charge in [-0.05, 0) is 26.2 Å². The Morgan fingerprint density at radius 2 is 2.32 bits per heavy atom. The van der Waals surface area contributed by atoms with Crippen LogP contribution < -0.4 is 0 Å². The molecule has 1 aliphatic carbocycles. The van der Waals surface area contributed by atoms with Crippen LogP contribution in [0.2, 0.25) is 0 Å². The molecule has 1 amide bonds. The molecule has 3 fully saturated rings. The van der Waals surface area contributed by atoms with Crippen molar-refractivity contribution in [2.45, 2.75) is 44.4 Å². The Balaban J connectivity index is 1.73. The Morgan fingerprint density at radius 1 is 1.47 bits per heavy atom. The summed E-state index contributed by atoms with van der Waals surface area (Å²) in [4.78, 5) is 25.2. The van der Waals surface area contributed by atoms with Gasteiger partial charge in [-0.2, -0.15) is 0 Å². The van der Waals surface area contributed by atoms with Gasteiger partial charge in [0.25, 0.3) is 0 Å². The number of esters is 1. The minimum Gasteiger partial charge on any atom is -0.465 e. The molecule has 106 valence electrons. The number of ether oxygens (including phenoxy) is 3. The highest BCUT2D eigenvalue weighted by Gasteiger charge is 2.50. The summed E-state index contributed by atoms with van der Waals surface area (Å²) in [5.41, 5.74) is 0. The number of fused-ring (bicyclic) bond motifs is 1.